The van der Waals surface area contributed by atoms with Crippen LogP contribution in [0.1, 0.15) is 38.3 Å². The molecule has 1 aromatic carbocycles. The number of hydrogen-bond acceptors (Lipinski definition) is 3. The van der Waals surface area contributed by atoms with Gasteiger partial charge in [-0.2, -0.15) is 0 Å². The number of hydrogen-bond donors (Lipinski definition) is 1. The average Bonchev–Trinajstić information content (AvgIpc) is 2.45. The molecule has 0 radical (unpaired) electrons. The van der Waals surface area contributed by atoms with Crippen molar-refractivity contribution in [3.8, 4) is 0 Å². The van der Waals surface area contributed by atoms with Crippen molar-refractivity contribution in [2.75, 3.05) is 19.7 Å². The van der Waals surface area contributed by atoms with Gasteiger partial charge in [-0.1, -0.05) is 25.1 Å². The van der Waals surface area contributed by atoms with E-state index in [1.54, 1.807) is 12.1 Å². The van der Waals surface area contributed by atoms with Crippen molar-refractivity contribution in [2.45, 2.75) is 44.9 Å². The summed E-state index contributed by atoms with van der Waals surface area (Å²) in [5, 5.41) is 0. The second kappa shape index (κ2) is 7.16. The Hall–Kier alpha value is -0.970. The third-order valence-corrected chi connectivity index (χ3v) is 4.08. The molecule has 1 fully saturated rings. The highest BCUT2D eigenvalue weighted by molar-refractivity contribution is 5.20. The summed E-state index contributed by atoms with van der Waals surface area (Å²) in [5.74, 6) is -0.206. The number of morpholine rings is 1. The molecule has 1 aromatic rings. The molecule has 0 aliphatic carbocycles. The molecule has 1 heterocycles. The molecule has 1 aliphatic heterocycles. The van der Waals surface area contributed by atoms with Gasteiger partial charge in [0.05, 0.1) is 12.7 Å². The first kappa shape index (κ1) is 15.4. The summed E-state index contributed by atoms with van der Waals surface area (Å²) in [6.07, 6.45) is 2.11. The summed E-state index contributed by atoms with van der Waals surface area (Å²) in [5.41, 5.74) is 6.75. The maximum Gasteiger partial charge on any atom is 0.127 e. The predicted molar refractivity (Wildman–Crippen MR) is 79.0 cm³/mol. The van der Waals surface area contributed by atoms with Gasteiger partial charge in [-0.3, -0.25) is 4.90 Å². The van der Waals surface area contributed by atoms with Crippen LogP contribution >= 0.6 is 0 Å². The standard InChI is InChI=1S/C16H25FN2O/c1-3-13-11-20-12(2)10-19(13)9-8-16(18)14-6-4-5-7-15(14)17/h4-7,12-13,16H,3,8-11,18H2,1-2H3. The molecule has 3 unspecified atom stereocenters. The van der Waals surface area contributed by atoms with Crippen molar-refractivity contribution < 1.29 is 9.13 Å². The van der Waals surface area contributed by atoms with Gasteiger partial charge in [-0.05, 0) is 25.8 Å². The van der Waals surface area contributed by atoms with Crippen molar-refractivity contribution in [1.82, 2.24) is 4.90 Å². The highest BCUT2D eigenvalue weighted by atomic mass is 19.1. The first-order valence-electron chi connectivity index (χ1n) is 7.47. The molecule has 20 heavy (non-hydrogen) atoms. The first-order valence-corrected chi connectivity index (χ1v) is 7.47. The van der Waals surface area contributed by atoms with Crippen LogP contribution in [0.2, 0.25) is 0 Å². The molecule has 4 heteroatoms. The highest BCUT2D eigenvalue weighted by Gasteiger charge is 2.25. The van der Waals surface area contributed by atoms with Crippen LogP contribution in [-0.2, 0) is 4.74 Å². The molecule has 3 nitrogen and oxygen atoms in total. The van der Waals surface area contributed by atoms with Gasteiger partial charge in [-0.15, -0.1) is 0 Å². The zero-order chi connectivity index (χ0) is 14.5. The SMILES string of the molecule is CCC1COC(C)CN1CCC(N)c1ccccc1F. The lowest BCUT2D eigenvalue weighted by molar-refractivity contribution is -0.0564. The van der Waals surface area contributed by atoms with Gasteiger partial charge < -0.3 is 10.5 Å². The maximum absolute atomic E-state index is 13.7. The van der Waals surface area contributed by atoms with Crippen LogP contribution in [0.25, 0.3) is 0 Å². The Morgan fingerprint density at radius 2 is 2.20 bits per heavy atom. The zero-order valence-electron chi connectivity index (χ0n) is 12.4. The molecule has 0 saturated carbocycles. The Morgan fingerprint density at radius 3 is 2.90 bits per heavy atom. The van der Waals surface area contributed by atoms with E-state index in [0.29, 0.717) is 11.6 Å². The maximum atomic E-state index is 13.7. The van der Waals surface area contributed by atoms with Crippen molar-refractivity contribution in [1.29, 1.82) is 0 Å². The lowest BCUT2D eigenvalue weighted by Gasteiger charge is -2.38. The van der Waals surface area contributed by atoms with E-state index < -0.39 is 0 Å². The lowest BCUT2D eigenvalue weighted by Crippen LogP contribution is -2.49. The minimum atomic E-state index is -0.244. The molecule has 2 rings (SSSR count). The summed E-state index contributed by atoms with van der Waals surface area (Å²) >= 11 is 0. The number of rotatable bonds is 5. The summed E-state index contributed by atoms with van der Waals surface area (Å²) in [4.78, 5) is 2.43. The molecule has 2 N–H and O–H groups in total. The first-order chi connectivity index (χ1) is 9.61. The van der Waals surface area contributed by atoms with Crippen LogP contribution < -0.4 is 5.73 Å². The molecule has 112 valence electrons. The van der Waals surface area contributed by atoms with Gasteiger partial charge in [0.25, 0.3) is 0 Å². The second-order valence-electron chi connectivity index (χ2n) is 5.62. The van der Waals surface area contributed by atoms with E-state index >= 15 is 0 Å². The largest absolute Gasteiger partial charge is 0.376 e. The Kier molecular flexibility index (Phi) is 5.52. The Bertz CT molecular complexity index is 427. The van der Waals surface area contributed by atoms with Gasteiger partial charge in [0.15, 0.2) is 0 Å². The summed E-state index contributed by atoms with van der Waals surface area (Å²) in [6.45, 7) is 6.88. The van der Waals surface area contributed by atoms with Gasteiger partial charge in [0, 0.05) is 30.7 Å². The molecular weight excluding hydrogens is 255 g/mol. The molecule has 1 saturated heterocycles. The minimum Gasteiger partial charge on any atom is -0.376 e. The average molecular weight is 280 g/mol. The monoisotopic (exact) mass is 280 g/mol. The van der Waals surface area contributed by atoms with Crippen LogP contribution in [0.15, 0.2) is 24.3 Å². The van der Waals surface area contributed by atoms with E-state index in [1.165, 1.54) is 6.07 Å². The normalized spacial score (nSPS) is 25.6. The van der Waals surface area contributed by atoms with E-state index in [9.17, 15) is 4.39 Å². The van der Waals surface area contributed by atoms with Crippen molar-refractivity contribution in [3.05, 3.63) is 35.6 Å². The molecule has 0 bridgehead atoms. The lowest BCUT2D eigenvalue weighted by atomic mass is 10.0. The van der Waals surface area contributed by atoms with Crippen LogP contribution in [0, 0.1) is 5.82 Å². The van der Waals surface area contributed by atoms with Gasteiger partial charge in [0.1, 0.15) is 5.82 Å². The molecular formula is C16H25FN2O. The summed E-state index contributed by atoms with van der Waals surface area (Å²) in [7, 11) is 0. The van der Waals surface area contributed by atoms with E-state index in [-0.39, 0.29) is 18.0 Å². The van der Waals surface area contributed by atoms with Crippen LogP contribution in [0.5, 0.6) is 0 Å². The molecule has 3 atom stereocenters. The number of benzene rings is 1. The highest BCUT2D eigenvalue weighted by Crippen LogP contribution is 2.20. The third kappa shape index (κ3) is 3.78. The van der Waals surface area contributed by atoms with E-state index in [4.69, 9.17) is 10.5 Å². The van der Waals surface area contributed by atoms with Crippen LogP contribution in [-0.4, -0.2) is 36.7 Å². The van der Waals surface area contributed by atoms with Crippen molar-refractivity contribution >= 4 is 0 Å². The molecule has 0 spiro atoms. The number of nitrogens with zero attached hydrogens (tertiary/aromatic N) is 1. The van der Waals surface area contributed by atoms with Crippen molar-refractivity contribution in [3.63, 3.8) is 0 Å². The third-order valence-electron chi connectivity index (χ3n) is 4.08. The molecule has 0 amide bonds. The van der Waals surface area contributed by atoms with Gasteiger partial charge in [-0.25, -0.2) is 4.39 Å². The van der Waals surface area contributed by atoms with Crippen LogP contribution in [0.4, 0.5) is 4.39 Å². The van der Waals surface area contributed by atoms with Gasteiger partial charge >= 0.3 is 0 Å². The topological polar surface area (TPSA) is 38.5 Å². The fourth-order valence-electron chi connectivity index (χ4n) is 2.80. The minimum absolute atomic E-state index is 0.206. The second-order valence-corrected chi connectivity index (χ2v) is 5.62. The van der Waals surface area contributed by atoms with Crippen LogP contribution in [0.3, 0.4) is 0 Å². The summed E-state index contributed by atoms with van der Waals surface area (Å²) < 4.78 is 19.4. The van der Waals surface area contributed by atoms with E-state index in [0.717, 1.165) is 32.5 Å². The van der Waals surface area contributed by atoms with Gasteiger partial charge in [0.2, 0.25) is 0 Å². The quantitative estimate of drug-likeness (QED) is 0.901. The zero-order valence-corrected chi connectivity index (χ0v) is 12.4. The number of ether oxygens (including phenoxy) is 1. The smallest absolute Gasteiger partial charge is 0.127 e. The Morgan fingerprint density at radius 1 is 1.45 bits per heavy atom. The molecule has 0 aromatic heterocycles. The fraction of sp³-hybridized carbons (Fsp3) is 0.625. The van der Waals surface area contributed by atoms with Crippen molar-refractivity contribution in [2.24, 2.45) is 5.73 Å². The summed E-state index contributed by atoms with van der Waals surface area (Å²) in [6, 6.07) is 7.00. The Labute approximate surface area is 120 Å². The fourth-order valence-corrected chi connectivity index (χ4v) is 2.80. The number of nitrogens with two attached hydrogens (primary N) is 1. The number of halogens is 1. The Balaban J connectivity index is 1.92. The predicted octanol–water partition coefficient (Wildman–Crippen LogP) is 2.71. The molecule has 1 aliphatic rings. The van der Waals surface area contributed by atoms with E-state index in [2.05, 4.69) is 18.7 Å². The van der Waals surface area contributed by atoms with E-state index in [1.807, 2.05) is 6.07 Å².